The second kappa shape index (κ2) is 5.47. The fourth-order valence-corrected chi connectivity index (χ4v) is 4.24. The van der Waals surface area contributed by atoms with Gasteiger partial charge in [0, 0.05) is 27.9 Å². The Kier molecular flexibility index (Phi) is 3.95. The molecule has 0 spiro atoms. The van der Waals surface area contributed by atoms with Crippen molar-refractivity contribution in [2.24, 2.45) is 5.73 Å². The third-order valence-electron chi connectivity index (χ3n) is 4.76. The van der Waals surface area contributed by atoms with Gasteiger partial charge in [-0.05, 0) is 37.3 Å². The van der Waals surface area contributed by atoms with Gasteiger partial charge in [-0.25, -0.2) is 0 Å². The summed E-state index contributed by atoms with van der Waals surface area (Å²) < 4.78 is 13.1. The predicted octanol–water partition coefficient (Wildman–Crippen LogP) is 4.11. The molecular weight excluding hydrogens is 330 g/mol. The van der Waals surface area contributed by atoms with Crippen LogP contribution >= 0.6 is 15.9 Å². The van der Waals surface area contributed by atoms with Crippen LogP contribution in [0.4, 0.5) is 0 Å². The monoisotopic (exact) mass is 353 g/mol. The lowest BCUT2D eigenvalue weighted by molar-refractivity contribution is 0.295. The second-order valence-corrected chi connectivity index (χ2v) is 7.48. The van der Waals surface area contributed by atoms with Gasteiger partial charge in [0.05, 0.1) is 13.2 Å². The van der Waals surface area contributed by atoms with Crippen LogP contribution < -0.4 is 15.2 Å². The van der Waals surface area contributed by atoms with Gasteiger partial charge in [0.1, 0.15) is 0 Å². The predicted molar refractivity (Wildman–Crippen MR) is 88.4 cm³/mol. The van der Waals surface area contributed by atoms with E-state index >= 15 is 0 Å². The van der Waals surface area contributed by atoms with E-state index in [2.05, 4.69) is 42.8 Å². The Morgan fingerprint density at radius 2 is 1.86 bits per heavy atom. The third kappa shape index (κ3) is 2.46. The summed E-state index contributed by atoms with van der Waals surface area (Å²) in [4.78, 5) is 0. The van der Waals surface area contributed by atoms with Crippen molar-refractivity contribution >= 4 is 15.9 Å². The number of hydrogen-bond donors (Lipinski definition) is 1. The zero-order chi connectivity index (χ0) is 15.2. The van der Waals surface area contributed by atoms with Crippen LogP contribution in [0.25, 0.3) is 0 Å². The first-order valence-electron chi connectivity index (χ1n) is 7.85. The average molecular weight is 354 g/mol. The van der Waals surface area contributed by atoms with Crippen LogP contribution in [0.1, 0.15) is 57.1 Å². The van der Waals surface area contributed by atoms with Crippen molar-refractivity contribution in [1.29, 1.82) is 0 Å². The van der Waals surface area contributed by atoms with Crippen LogP contribution in [0.2, 0.25) is 0 Å². The first-order valence-corrected chi connectivity index (χ1v) is 8.64. The summed E-state index contributed by atoms with van der Waals surface area (Å²) >= 11 is 3.77. The van der Waals surface area contributed by atoms with Crippen LogP contribution in [0.3, 0.4) is 0 Å². The van der Waals surface area contributed by atoms with Gasteiger partial charge >= 0.3 is 0 Å². The highest BCUT2D eigenvalue weighted by atomic mass is 79.9. The van der Waals surface area contributed by atoms with Crippen molar-refractivity contribution in [3.05, 3.63) is 21.7 Å². The molecular formula is C17H24BrNO2. The molecule has 2 N–H and O–H groups in total. The molecule has 116 valence electrons. The Labute approximate surface area is 135 Å². The van der Waals surface area contributed by atoms with Gasteiger partial charge in [-0.3, -0.25) is 0 Å². The average Bonchev–Trinajstić information content (AvgIpc) is 3.20. The maximum atomic E-state index is 6.32. The molecule has 4 heteroatoms. The van der Waals surface area contributed by atoms with Gasteiger partial charge in [-0.2, -0.15) is 0 Å². The summed E-state index contributed by atoms with van der Waals surface area (Å²) in [5.41, 5.74) is 9.04. The van der Waals surface area contributed by atoms with Gasteiger partial charge in [0.2, 0.25) is 0 Å². The summed E-state index contributed by atoms with van der Waals surface area (Å²) in [7, 11) is 0. The van der Waals surface area contributed by atoms with E-state index in [1.54, 1.807) is 0 Å². The standard InChI is InChI=1S/C17H24BrNO2/c1-10(2)14-15(17(5-6-17)11(3)19)12(18)9-13-16(14)21-8-4-7-20-13/h9-11H,4-8,19H2,1-3H3. The molecule has 1 aromatic carbocycles. The molecule has 1 aliphatic heterocycles. The molecule has 1 saturated carbocycles. The van der Waals surface area contributed by atoms with Crippen LogP contribution in [0, 0.1) is 0 Å². The fraction of sp³-hybridized carbons (Fsp3) is 0.647. The molecule has 0 aromatic heterocycles. The van der Waals surface area contributed by atoms with Crippen LogP contribution in [0.5, 0.6) is 11.5 Å². The largest absolute Gasteiger partial charge is 0.490 e. The molecule has 21 heavy (non-hydrogen) atoms. The fourth-order valence-electron chi connectivity index (χ4n) is 3.42. The number of rotatable bonds is 3. The number of ether oxygens (including phenoxy) is 2. The highest BCUT2D eigenvalue weighted by molar-refractivity contribution is 9.10. The summed E-state index contributed by atoms with van der Waals surface area (Å²) in [5, 5.41) is 0. The number of halogens is 1. The van der Waals surface area contributed by atoms with E-state index in [-0.39, 0.29) is 11.5 Å². The zero-order valence-electron chi connectivity index (χ0n) is 13.0. The summed E-state index contributed by atoms with van der Waals surface area (Å²) in [5.74, 6) is 2.18. The zero-order valence-corrected chi connectivity index (χ0v) is 14.6. The summed E-state index contributed by atoms with van der Waals surface area (Å²) in [6.07, 6.45) is 3.24. The first kappa shape index (κ1) is 15.2. The Hall–Kier alpha value is -0.740. The number of benzene rings is 1. The molecule has 1 fully saturated rings. The minimum atomic E-state index is 0.100. The molecule has 1 aromatic rings. The van der Waals surface area contributed by atoms with Gasteiger partial charge < -0.3 is 15.2 Å². The normalized spacial score (nSPS) is 21.0. The summed E-state index contributed by atoms with van der Waals surface area (Å²) in [6, 6.07) is 2.22. The molecule has 0 radical (unpaired) electrons. The van der Waals surface area contributed by atoms with Gasteiger partial charge in [-0.1, -0.05) is 29.8 Å². The maximum absolute atomic E-state index is 6.32. The van der Waals surface area contributed by atoms with Crippen molar-refractivity contribution < 1.29 is 9.47 Å². The van der Waals surface area contributed by atoms with E-state index in [0.717, 1.165) is 48.4 Å². The summed E-state index contributed by atoms with van der Waals surface area (Å²) in [6.45, 7) is 7.99. The van der Waals surface area contributed by atoms with Crippen molar-refractivity contribution in [3.63, 3.8) is 0 Å². The Morgan fingerprint density at radius 1 is 1.19 bits per heavy atom. The van der Waals surface area contributed by atoms with Crippen molar-refractivity contribution in [2.45, 2.75) is 57.4 Å². The minimum absolute atomic E-state index is 0.100. The van der Waals surface area contributed by atoms with E-state index in [9.17, 15) is 0 Å². The highest BCUT2D eigenvalue weighted by Gasteiger charge is 2.50. The maximum Gasteiger partial charge on any atom is 0.164 e. The number of hydrogen-bond acceptors (Lipinski definition) is 3. The molecule has 0 saturated heterocycles. The molecule has 0 bridgehead atoms. The molecule has 1 unspecified atom stereocenters. The van der Waals surface area contributed by atoms with Crippen LogP contribution in [-0.2, 0) is 5.41 Å². The molecule has 0 amide bonds. The Morgan fingerprint density at radius 3 is 2.43 bits per heavy atom. The Bertz CT molecular complexity index is 550. The number of fused-ring (bicyclic) bond motifs is 1. The lowest BCUT2D eigenvalue weighted by atomic mass is 9.82. The van der Waals surface area contributed by atoms with Crippen molar-refractivity contribution in [2.75, 3.05) is 13.2 Å². The SMILES string of the molecule is CC(C)c1c2c(cc(Br)c1C1(C(C)N)CC1)OCCCO2. The molecule has 2 aliphatic rings. The number of nitrogens with two attached hydrogens (primary N) is 1. The molecule has 3 nitrogen and oxygen atoms in total. The lowest BCUT2D eigenvalue weighted by Gasteiger charge is -2.28. The van der Waals surface area contributed by atoms with Gasteiger partial charge in [0.25, 0.3) is 0 Å². The third-order valence-corrected chi connectivity index (χ3v) is 5.39. The quantitative estimate of drug-likeness (QED) is 0.888. The van der Waals surface area contributed by atoms with Crippen LogP contribution in [-0.4, -0.2) is 19.3 Å². The van der Waals surface area contributed by atoms with E-state index in [1.165, 1.54) is 11.1 Å². The lowest BCUT2D eigenvalue weighted by Crippen LogP contribution is -2.33. The van der Waals surface area contributed by atoms with E-state index in [4.69, 9.17) is 15.2 Å². The molecule has 3 rings (SSSR count). The first-order chi connectivity index (χ1) is 9.97. The van der Waals surface area contributed by atoms with Crippen LogP contribution in [0.15, 0.2) is 10.5 Å². The van der Waals surface area contributed by atoms with Crippen molar-refractivity contribution in [1.82, 2.24) is 0 Å². The second-order valence-electron chi connectivity index (χ2n) is 6.62. The Balaban J connectivity index is 2.22. The highest BCUT2D eigenvalue weighted by Crippen LogP contribution is 2.57. The van der Waals surface area contributed by atoms with Crippen molar-refractivity contribution in [3.8, 4) is 11.5 Å². The van der Waals surface area contributed by atoms with E-state index in [0.29, 0.717) is 5.92 Å². The minimum Gasteiger partial charge on any atom is -0.490 e. The molecule has 1 aliphatic carbocycles. The van der Waals surface area contributed by atoms with Gasteiger partial charge in [0.15, 0.2) is 11.5 Å². The smallest absolute Gasteiger partial charge is 0.164 e. The molecule has 1 heterocycles. The van der Waals surface area contributed by atoms with E-state index < -0.39 is 0 Å². The topological polar surface area (TPSA) is 44.5 Å². The van der Waals surface area contributed by atoms with Gasteiger partial charge in [-0.15, -0.1) is 0 Å². The van der Waals surface area contributed by atoms with E-state index in [1.807, 2.05) is 0 Å². The molecule has 1 atom stereocenters.